The number of piperazine rings is 1. The van der Waals surface area contributed by atoms with Crippen LogP contribution in [0, 0.1) is 0 Å². The number of aryl methyl sites for hydroxylation is 3. The van der Waals surface area contributed by atoms with Gasteiger partial charge in [0.1, 0.15) is 11.6 Å². The van der Waals surface area contributed by atoms with Crippen molar-refractivity contribution in [2.45, 2.75) is 39.5 Å². The molecule has 1 saturated heterocycles. The number of fused-ring (bicyclic) bond motifs is 3. The number of nitrogens with one attached hydrogen (secondary N) is 4. The molecule has 5 heterocycles. The van der Waals surface area contributed by atoms with Gasteiger partial charge < -0.3 is 30.2 Å². The molecule has 40 heavy (non-hydrogen) atoms. The number of hydrogen-bond donors (Lipinski definition) is 4. The molecule has 0 bridgehead atoms. The van der Waals surface area contributed by atoms with Crippen LogP contribution in [0.5, 0.6) is 5.75 Å². The second kappa shape index (κ2) is 11.0. The van der Waals surface area contributed by atoms with Crippen LogP contribution in [-0.2, 0) is 25.7 Å². The van der Waals surface area contributed by atoms with Crippen molar-refractivity contribution in [3.63, 3.8) is 0 Å². The van der Waals surface area contributed by atoms with E-state index in [2.05, 4.69) is 48.2 Å². The summed E-state index contributed by atoms with van der Waals surface area (Å²) >= 11 is 0. The zero-order chi connectivity index (χ0) is 27.6. The lowest BCUT2D eigenvalue weighted by Crippen LogP contribution is -2.43. The molecule has 2 aliphatic heterocycles. The summed E-state index contributed by atoms with van der Waals surface area (Å²) in [6.07, 6.45) is 6.77. The van der Waals surface area contributed by atoms with Gasteiger partial charge >= 0.3 is 0 Å². The van der Waals surface area contributed by atoms with Crippen molar-refractivity contribution >= 4 is 28.9 Å². The van der Waals surface area contributed by atoms with Gasteiger partial charge in [0.05, 0.1) is 35.4 Å². The summed E-state index contributed by atoms with van der Waals surface area (Å²) in [7, 11) is 1.67. The minimum absolute atomic E-state index is 0.135. The number of nitrogens with zero attached hydrogens (tertiary/aromatic N) is 5. The number of rotatable bonds is 8. The van der Waals surface area contributed by atoms with Crippen molar-refractivity contribution < 1.29 is 9.53 Å². The molecule has 11 nitrogen and oxygen atoms in total. The molecule has 3 aromatic heterocycles. The fourth-order valence-corrected chi connectivity index (χ4v) is 5.51. The van der Waals surface area contributed by atoms with Crippen LogP contribution in [0.15, 0.2) is 36.7 Å². The van der Waals surface area contributed by atoms with Crippen LogP contribution < -0.4 is 25.6 Å². The maximum atomic E-state index is 13.4. The highest BCUT2D eigenvalue weighted by molar-refractivity contribution is 6.06. The normalized spacial score (nSPS) is 14.4. The van der Waals surface area contributed by atoms with Crippen LogP contribution in [0.4, 0.5) is 23.0 Å². The summed E-state index contributed by atoms with van der Waals surface area (Å²) < 4.78 is 7.71. The lowest BCUT2D eigenvalue weighted by Gasteiger charge is -2.30. The zero-order valence-corrected chi connectivity index (χ0v) is 23.2. The highest BCUT2D eigenvalue weighted by Crippen LogP contribution is 2.33. The van der Waals surface area contributed by atoms with E-state index in [0.717, 1.165) is 103 Å². The Morgan fingerprint density at radius 2 is 1.98 bits per heavy atom. The van der Waals surface area contributed by atoms with Crippen molar-refractivity contribution in [2.75, 3.05) is 48.8 Å². The third-order valence-electron chi connectivity index (χ3n) is 7.69. The van der Waals surface area contributed by atoms with E-state index < -0.39 is 0 Å². The first kappa shape index (κ1) is 25.9. The van der Waals surface area contributed by atoms with Gasteiger partial charge in [0.25, 0.3) is 5.91 Å². The van der Waals surface area contributed by atoms with Crippen LogP contribution in [0.2, 0.25) is 0 Å². The predicted octanol–water partition coefficient (Wildman–Crippen LogP) is 3.63. The van der Waals surface area contributed by atoms with E-state index >= 15 is 0 Å². The molecule has 0 atom stereocenters. The summed E-state index contributed by atoms with van der Waals surface area (Å²) in [5.41, 5.74) is 7.14. The van der Waals surface area contributed by atoms with E-state index in [4.69, 9.17) is 9.72 Å². The Morgan fingerprint density at radius 1 is 1.12 bits per heavy atom. The molecule has 11 heteroatoms. The lowest BCUT2D eigenvalue weighted by molar-refractivity contribution is 0.102. The minimum atomic E-state index is -0.135. The maximum absolute atomic E-state index is 13.4. The molecule has 0 spiro atoms. The molecule has 1 fully saturated rings. The number of aromatic nitrogens is 5. The van der Waals surface area contributed by atoms with Crippen molar-refractivity contribution in [1.82, 2.24) is 30.0 Å². The SMILES string of the molecule is CCc1n[nH]c(CC)c1NC(=O)c1ccn2c1CCc1cnc(Nc3ccc(N4CCNCC4)cc3OC)nc1-2. The van der Waals surface area contributed by atoms with E-state index in [1.807, 2.05) is 42.9 Å². The second-order valence-electron chi connectivity index (χ2n) is 10.0. The van der Waals surface area contributed by atoms with Gasteiger partial charge in [-0.2, -0.15) is 10.1 Å². The Morgan fingerprint density at radius 3 is 2.75 bits per heavy atom. The van der Waals surface area contributed by atoms with Gasteiger partial charge in [-0.05, 0) is 43.9 Å². The molecule has 0 unspecified atom stereocenters. The van der Waals surface area contributed by atoms with Crippen LogP contribution in [0.1, 0.15) is 46.9 Å². The Labute approximate surface area is 233 Å². The number of aromatic amines is 1. The average Bonchev–Trinajstić information content (AvgIpc) is 3.61. The van der Waals surface area contributed by atoms with Crippen LogP contribution >= 0.6 is 0 Å². The Bertz CT molecular complexity index is 1510. The number of carbonyl (C=O) groups excluding carboxylic acids is 1. The highest BCUT2D eigenvalue weighted by Gasteiger charge is 2.25. The van der Waals surface area contributed by atoms with E-state index in [1.54, 1.807) is 7.11 Å². The summed E-state index contributed by atoms with van der Waals surface area (Å²) in [4.78, 5) is 25.2. The predicted molar refractivity (Wildman–Crippen MR) is 155 cm³/mol. The summed E-state index contributed by atoms with van der Waals surface area (Å²) in [6, 6.07) is 8.02. The smallest absolute Gasteiger partial charge is 0.257 e. The molecular weight excluding hydrogens is 506 g/mol. The third kappa shape index (κ3) is 4.77. The molecule has 0 saturated carbocycles. The first-order valence-electron chi connectivity index (χ1n) is 13.9. The van der Waals surface area contributed by atoms with Gasteiger partial charge in [-0.15, -0.1) is 0 Å². The second-order valence-corrected chi connectivity index (χ2v) is 10.0. The third-order valence-corrected chi connectivity index (χ3v) is 7.69. The number of amides is 1. The number of hydrogen-bond acceptors (Lipinski definition) is 8. The molecule has 6 rings (SSSR count). The number of ether oxygens (including phenoxy) is 1. The van der Waals surface area contributed by atoms with E-state index in [1.165, 1.54) is 0 Å². The highest BCUT2D eigenvalue weighted by atomic mass is 16.5. The average molecular weight is 542 g/mol. The van der Waals surface area contributed by atoms with Crippen molar-refractivity contribution in [2.24, 2.45) is 0 Å². The fraction of sp³-hybridized carbons (Fsp3) is 0.379. The van der Waals surface area contributed by atoms with Crippen molar-refractivity contribution in [3.8, 4) is 11.6 Å². The van der Waals surface area contributed by atoms with Crippen LogP contribution in [0.3, 0.4) is 0 Å². The molecule has 4 aromatic rings. The molecule has 4 N–H and O–H groups in total. The van der Waals surface area contributed by atoms with Gasteiger partial charge in [-0.3, -0.25) is 9.89 Å². The lowest BCUT2D eigenvalue weighted by atomic mass is 10.0. The minimum Gasteiger partial charge on any atom is -0.494 e. The summed E-state index contributed by atoms with van der Waals surface area (Å²) in [5.74, 6) is 1.85. The van der Waals surface area contributed by atoms with Crippen molar-refractivity contribution in [1.29, 1.82) is 0 Å². The number of methoxy groups -OCH3 is 1. The standard InChI is InChI=1S/C29H35N9O2/c1-4-21-26(22(5-2)36-35-21)33-28(39)20-10-13-38-24(20)9-6-18-17-31-29(34-27(18)38)32-23-8-7-19(16-25(23)40-3)37-14-11-30-12-15-37/h7-8,10,13,16-17,30H,4-6,9,11-12,14-15H2,1-3H3,(H,33,39)(H,35,36)(H,31,32,34). The number of anilines is 4. The fourth-order valence-electron chi connectivity index (χ4n) is 5.51. The van der Waals surface area contributed by atoms with Crippen molar-refractivity contribution in [3.05, 3.63) is 64.9 Å². The van der Waals surface area contributed by atoms with Gasteiger partial charge in [0.15, 0.2) is 0 Å². The van der Waals surface area contributed by atoms with Gasteiger partial charge in [0, 0.05) is 61.6 Å². The quantitative estimate of drug-likeness (QED) is 0.267. The van der Waals surface area contributed by atoms with E-state index in [-0.39, 0.29) is 5.91 Å². The maximum Gasteiger partial charge on any atom is 0.257 e. The Balaban J connectivity index is 1.25. The molecule has 1 aromatic carbocycles. The monoisotopic (exact) mass is 541 g/mol. The van der Waals surface area contributed by atoms with E-state index in [0.29, 0.717) is 11.5 Å². The number of carbonyl (C=O) groups is 1. The first-order chi connectivity index (χ1) is 19.6. The molecule has 2 aliphatic rings. The van der Waals surface area contributed by atoms with Gasteiger partial charge in [-0.25, -0.2) is 4.98 Å². The van der Waals surface area contributed by atoms with Gasteiger partial charge in [-0.1, -0.05) is 13.8 Å². The Kier molecular flexibility index (Phi) is 7.12. The number of H-pyrrole nitrogens is 1. The molecule has 208 valence electrons. The van der Waals surface area contributed by atoms with Gasteiger partial charge in [0.2, 0.25) is 5.95 Å². The summed E-state index contributed by atoms with van der Waals surface area (Å²) in [6.45, 7) is 7.94. The summed E-state index contributed by atoms with van der Waals surface area (Å²) in [5, 5.41) is 17.2. The van der Waals surface area contributed by atoms with Crippen LogP contribution in [0.25, 0.3) is 5.82 Å². The van der Waals surface area contributed by atoms with Crippen LogP contribution in [-0.4, -0.2) is 63.9 Å². The Hall–Kier alpha value is -4.38. The molecule has 0 aliphatic carbocycles. The largest absolute Gasteiger partial charge is 0.494 e. The number of benzene rings is 1. The molecule has 0 radical (unpaired) electrons. The molecular formula is C29H35N9O2. The zero-order valence-electron chi connectivity index (χ0n) is 23.2. The molecule has 1 amide bonds. The van der Waals surface area contributed by atoms with E-state index in [9.17, 15) is 4.79 Å². The first-order valence-corrected chi connectivity index (χ1v) is 13.9. The topological polar surface area (TPSA) is 125 Å².